The number of benzene rings is 3. The molecule has 3 fully saturated rings. The predicted molar refractivity (Wildman–Crippen MR) is 243 cm³/mol. The van der Waals surface area contributed by atoms with Crippen LogP contribution in [0.4, 0.5) is 8.78 Å². The molecule has 2 aromatic heterocycles. The summed E-state index contributed by atoms with van der Waals surface area (Å²) in [5.74, 6) is -1.11. The van der Waals surface area contributed by atoms with E-state index in [2.05, 4.69) is 99.4 Å². The number of carbonyl (C=O) groups excluding carboxylic acids is 2. The third-order valence-electron chi connectivity index (χ3n) is 13.3. The number of alkyl halides is 2. The van der Waals surface area contributed by atoms with Crippen molar-refractivity contribution in [3.8, 4) is 0 Å². The molecule has 2 amide bonds. The lowest BCUT2D eigenvalue weighted by atomic mass is 9.86. The second-order valence-electron chi connectivity index (χ2n) is 18.0. The molecule has 2 aliphatic heterocycles. The summed E-state index contributed by atoms with van der Waals surface area (Å²) >= 11 is 0. The fourth-order valence-electron chi connectivity index (χ4n) is 9.99. The van der Waals surface area contributed by atoms with Gasteiger partial charge in [-0.15, -0.1) is 10.2 Å². The molecule has 63 heavy (non-hydrogen) atoms. The highest BCUT2D eigenvalue weighted by molar-refractivity contribution is 5.90. The van der Waals surface area contributed by atoms with Crippen molar-refractivity contribution in [1.82, 2.24) is 40.8 Å². The van der Waals surface area contributed by atoms with Gasteiger partial charge in [-0.1, -0.05) is 86.6 Å². The number of aromatic nitrogens is 4. The maximum atomic E-state index is 13.6. The van der Waals surface area contributed by atoms with Crippen LogP contribution >= 0.6 is 0 Å². The molecule has 11 nitrogen and oxygen atoms in total. The van der Waals surface area contributed by atoms with Crippen LogP contribution < -0.4 is 16.1 Å². The number of hydrogen-bond donors (Lipinski definition) is 5. The molecule has 13 heteroatoms. The zero-order valence-electron chi connectivity index (χ0n) is 37.1. The third-order valence-corrected chi connectivity index (χ3v) is 13.3. The number of halogens is 2. The van der Waals surface area contributed by atoms with E-state index in [4.69, 9.17) is 5.21 Å². The van der Waals surface area contributed by atoms with E-state index in [1.54, 1.807) is 11.6 Å². The Morgan fingerprint density at radius 1 is 0.905 bits per heavy atom. The topological polar surface area (TPSA) is 140 Å². The van der Waals surface area contributed by atoms with Gasteiger partial charge >= 0.3 is 0 Å². The van der Waals surface area contributed by atoms with Crippen molar-refractivity contribution in [2.45, 2.75) is 134 Å². The van der Waals surface area contributed by atoms with Crippen LogP contribution in [0, 0.1) is 19.8 Å². The Morgan fingerprint density at radius 3 is 2.27 bits per heavy atom. The Morgan fingerprint density at radius 2 is 1.59 bits per heavy atom. The van der Waals surface area contributed by atoms with Crippen molar-refractivity contribution in [2.24, 2.45) is 5.92 Å². The zero-order valence-corrected chi connectivity index (χ0v) is 37.1. The SMILES string of the molecule is Cc1[nH]c2ccccc2c1CCNCc1ccc(/C=C/C(=O)NO)cc1.Cc1nnc(C(C)C)n1C1C[C@H]2CC[C@@H](C1)N2CC[C@H](NC(=O)C1CCC(F)(F)CC1)c1ccccc1. The summed E-state index contributed by atoms with van der Waals surface area (Å²) in [6, 6.07) is 27.8. The minimum absolute atomic E-state index is 0.0738. The first-order valence-corrected chi connectivity index (χ1v) is 22.8. The van der Waals surface area contributed by atoms with Gasteiger partial charge in [0.05, 0.1) is 6.04 Å². The van der Waals surface area contributed by atoms with Gasteiger partial charge in [0, 0.05) is 78.6 Å². The van der Waals surface area contributed by atoms with Gasteiger partial charge in [0.25, 0.3) is 5.91 Å². The second-order valence-corrected chi connectivity index (χ2v) is 18.0. The fourth-order valence-corrected chi connectivity index (χ4v) is 9.99. The quantitative estimate of drug-likeness (QED) is 0.0306. The molecule has 0 spiro atoms. The number of nitrogens with zero attached hydrogens (tertiary/aromatic N) is 4. The van der Waals surface area contributed by atoms with Crippen molar-refractivity contribution >= 4 is 28.8 Å². The summed E-state index contributed by atoms with van der Waals surface area (Å²) in [5.41, 5.74) is 8.54. The molecule has 1 saturated carbocycles. The van der Waals surface area contributed by atoms with Gasteiger partial charge in [-0.25, -0.2) is 14.3 Å². The Kier molecular flexibility index (Phi) is 15.2. The molecule has 2 bridgehead atoms. The van der Waals surface area contributed by atoms with E-state index in [0.717, 1.165) is 68.1 Å². The summed E-state index contributed by atoms with van der Waals surface area (Å²) in [6.45, 7) is 11.2. The molecule has 5 aromatic rings. The van der Waals surface area contributed by atoms with E-state index in [0.29, 0.717) is 24.0 Å². The molecule has 8 rings (SSSR count). The number of aromatic amines is 1. The molecule has 1 unspecified atom stereocenters. The summed E-state index contributed by atoms with van der Waals surface area (Å²) in [7, 11) is 0. The lowest BCUT2D eigenvalue weighted by Crippen LogP contribution is -2.45. The molecule has 1 aliphatic carbocycles. The number of amides is 2. The largest absolute Gasteiger partial charge is 0.358 e. The van der Waals surface area contributed by atoms with Crippen molar-refractivity contribution in [2.75, 3.05) is 13.1 Å². The van der Waals surface area contributed by atoms with Crippen LogP contribution in [0.2, 0.25) is 0 Å². The monoisotopic (exact) mass is 863 g/mol. The number of hydrogen-bond acceptors (Lipinski definition) is 7. The van der Waals surface area contributed by atoms with Gasteiger partial charge in [-0.05, 0) is 106 Å². The zero-order chi connectivity index (χ0) is 44.5. The lowest BCUT2D eigenvalue weighted by Gasteiger charge is -2.40. The molecule has 336 valence electrons. The van der Waals surface area contributed by atoms with Crippen LogP contribution in [0.1, 0.15) is 129 Å². The molecule has 3 aromatic carbocycles. The van der Waals surface area contributed by atoms with Crippen LogP contribution in [0.5, 0.6) is 0 Å². The number of piperidine rings is 1. The minimum atomic E-state index is -2.62. The van der Waals surface area contributed by atoms with E-state index in [9.17, 15) is 18.4 Å². The highest BCUT2D eigenvalue weighted by Gasteiger charge is 2.43. The summed E-state index contributed by atoms with van der Waals surface area (Å²) in [4.78, 5) is 30.2. The third kappa shape index (κ3) is 11.7. The van der Waals surface area contributed by atoms with Crippen molar-refractivity contribution in [3.05, 3.63) is 125 Å². The molecular weight excluding hydrogens is 799 g/mol. The van der Waals surface area contributed by atoms with Crippen LogP contribution in [0.25, 0.3) is 17.0 Å². The van der Waals surface area contributed by atoms with Crippen LogP contribution in [-0.4, -0.2) is 72.8 Å². The molecule has 2 saturated heterocycles. The average molecular weight is 863 g/mol. The van der Waals surface area contributed by atoms with E-state index in [-0.39, 0.29) is 43.6 Å². The Labute approximate surface area is 370 Å². The fraction of sp³-hybridized carbons (Fsp3) is 0.480. The molecule has 5 N–H and O–H groups in total. The second kappa shape index (κ2) is 21.0. The maximum Gasteiger partial charge on any atom is 0.267 e. The summed E-state index contributed by atoms with van der Waals surface area (Å²) < 4.78 is 29.6. The van der Waals surface area contributed by atoms with E-state index in [1.165, 1.54) is 46.6 Å². The van der Waals surface area contributed by atoms with Crippen molar-refractivity contribution in [1.29, 1.82) is 0 Å². The van der Waals surface area contributed by atoms with Gasteiger partial charge in [-0.2, -0.15) is 0 Å². The normalized spacial score (nSPS) is 20.5. The first kappa shape index (κ1) is 45.8. The van der Waals surface area contributed by atoms with Gasteiger partial charge in [0.2, 0.25) is 11.8 Å². The minimum Gasteiger partial charge on any atom is -0.358 e. The highest BCUT2D eigenvalue weighted by Crippen LogP contribution is 2.43. The number of aryl methyl sites for hydroxylation is 2. The number of H-pyrrole nitrogens is 1. The Balaban J connectivity index is 0.000000201. The van der Waals surface area contributed by atoms with Crippen molar-refractivity contribution < 1.29 is 23.6 Å². The highest BCUT2D eigenvalue weighted by atomic mass is 19.3. The molecule has 4 heterocycles. The maximum absolute atomic E-state index is 13.6. The van der Waals surface area contributed by atoms with Gasteiger partial charge in [0.1, 0.15) is 11.6 Å². The van der Waals surface area contributed by atoms with Gasteiger partial charge in [-0.3, -0.25) is 19.7 Å². The first-order chi connectivity index (χ1) is 30.4. The standard InChI is InChI=1S/C29H41F2N5O.C21H23N3O2/c1-19(2)27-34-33-20(3)36(27)25-17-23-9-10-24(18-25)35(23)16-13-26(21-7-5-4-6-8-21)32-28(37)22-11-14-29(30,31)15-12-22;1-15-18(19-4-2-3-5-20(19)23-15)12-13-22-14-17-8-6-16(7-9-17)10-11-21(25)24-26/h4-8,19,22-26H,9-18H2,1-3H3,(H,32,37);2-11,22-23,26H,12-14H2,1H3,(H,24,25)/b;11-10+/t23-,24+,25?,26-;/m0./s1. The van der Waals surface area contributed by atoms with E-state index >= 15 is 0 Å². The van der Waals surface area contributed by atoms with E-state index in [1.807, 2.05) is 42.5 Å². The smallest absolute Gasteiger partial charge is 0.267 e. The number of hydroxylamine groups is 1. The number of fused-ring (bicyclic) bond motifs is 3. The van der Waals surface area contributed by atoms with Crippen LogP contribution in [0.15, 0.2) is 84.9 Å². The van der Waals surface area contributed by atoms with Crippen molar-refractivity contribution in [3.63, 3.8) is 0 Å². The predicted octanol–water partition coefficient (Wildman–Crippen LogP) is 9.28. The van der Waals surface area contributed by atoms with E-state index < -0.39 is 11.8 Å². The first-order valence-electron chi connectivity index (χ1n) is 22.8. The molecular formula is C50H64F2N8O3. The Hall–Kier alpha value is -5.24. The number of nitrogens with one attached hydrogen (secondary N) is 4. The average Bonchev–Trinajstić information content (AvgIpc) is 3.91. The number of para-hydroxylation sites is 1. The number of carbonyl (C=O) groups is 2. The molecule has 0 radical (unpaired) electrons. The lowest BCUT2D eigenvalue weighted by molar-refractivity contribution is -0.130. The molecule has 3 aliphatic rings. The van der Waals surface area contributed by atoms with Crippen LogP contribution in [-0.2, 0) is 22.6 Å². The molecule has 4 atom stereocenters. The Bertz CT molecular complexity index is 2280. The van der Waals surface area contributed by atoms with Crippen LogP contribution in [0.3, 0.4) is 0 Å². The summed E-state index contributed by atoms with van der Waals surface area (Å²) in [6.07, 6.45) is 9.51. The van der Waals surface area contributed by atoms with Gasteiger partial charge < -0.3 is 20.2 Å². The summed E-state index contributed by atoms with van der Waals surface area (Å²) in [5, 5.41) is 25.3. The van der Waals surface area contributed by atoms with Gasteiger partial charge in [0.15, 0.2) is 0 Å². The number of rotatable bonds is 15.